The van der Waals surface area contributed by atoms with E-state index in [0.717, 1.165) is 0 Å². The van der Waals surface area contributed by atoms with Crippen molar-refractivity contribution < 1.29 is 41.1 Å². The molecule has 0 aromatic heterocycles. The van der Waals surface area contributed by atoms with Crippen LogP contribution in [0.2, 0.25) is 0 Å². The van der Waals surface area contributed by atoms with Crippen molar-refractivity contribution in [1.82, 2.24) is 0 Å². The Balaban J connectivity index is 2.77. The third kappa shape index (κ3) is 4.53. The Bertz CT molecular complexity index is 1020. The molecule has 0 aliphatic rings. The van der Waals surface area contributed by atoms with Crippen molar-refractivity contribution in [1.29, 1.82) is 0 Å². The number of nitrogens with zero attached hydrogens (tertiary/aromatic N) is 3. The molecule has 0 aliphatic heterocycles. The molecule has 0 radical (unpaired) electrons. The summed E-state index contributed by atoms with van der Waals surface area (Å²) in [5.41, 5.74) is -9.71. The zero-order chi connectivity index (χ0) is 23.0. The molecule has 160 valence electrons. The molecule has 0 heterocycles. The zero-order valence-corrected chi connectivity index (χ0v) is 13.9. The number of nitro groups is 3. The van der Waals surface area contributed by atoms with Gasteiger partial charge in [0, 0.05) is 0 Å². The number of anilines is 2. The SMILES string of the molecule is O=[N+]([O-])c1cc([N+](=O)[O-])c(Nc2ccc(C(F)(F)F)cc2C(F)(F)F)c([N+](=O)[O-])c1. The standard InChI is InChI=1S/C14H6F6N4O6/c15-13(16,17)6-1-2-9(8(3-6)14(18,19)20)21-12-10(23(27)28)4-7(22(25)26)5-11(12)24(29)30/h1-5,21H. The molecule has 1 N–H and O–H groups in total. The van der Waals surface area contributed by atoms with Gasteiger partial charge >= 0.3 is 23.7 Å². The fourth-order valence-corrected chi connectivity index (χ4v) is 2.32. The van der Waals surface area contributed by atoms with E-state index in [4.69, 9.17) is 0 Å². The van der Waals surface area contributed by atoms with Gasteiger partial charge in [0.15, 0.2) is 5.69 Å². The van der Waals surface area contributed by atoms with Crippen molar-refractivity contribution >= 4 is 28.4 Å². The van der Waals surface area contributed by atoms with Gasteiger partial charge in [-0.3, -0.25) is 30.3 Å². The lowest BCUT2D eigenvalue weighted by atomic mass is 10.1. The van der Waals surface area contributed by atoms with E-state index in [1.165, 1.54) is 0 Å². The molecule has 0 fully saturated rings. The van der Waals surface area contributed by atoms with Crippen molar-refractivity contribution in [2.24, 2.45) is 0 Å². The molecule has 0 aliphatic carbocycles. The molecule has 0 unspecified atom stereocenters. The Morgan fingerprint density at radius 2 is 1.23 bits per heavy atom. The van der Waals surface area contributed by atoms with E-state index >= 15 is 0 Å². The second-order valence-corrected chi connectivity index (χ2v) is 5.51. The molecule has 0 atom stereocenters. The molecule has 2 aromatic carbocycles. The highest BCUT2D eigenvalue weighted by molar-refractivity contribution is 5.82. The number of halogens is 6. The molecule has 0 bridgehead atoms. The summed E-state index contributed by atoms with van der Waals surface area (Å²) in [7, 11) is 0. The lowest BCUT2D eigenvalue weighted by Gasteiger charge is -2.17. The number of hydrogen-bond acceptors (Lipinski definition) is 7. The summed E-state index contributed by atoms with van der Waals surface area (Å²) in [5, 5.41) is 34.9. The van der Waals surface area contributed by atoms with Crippen LogP contribution in [0.25, 0.3) is 0 Å². The molecule has 0 spiro atoms. The van der Waals surface area contributed by atoms with Crippen molar-refractivity contribution in [2.75, 3.05) is 5.32 Å². The summed E-state index contributed by atoms with van der Waals surface area (Å²) < 4.78 is 78.0. The molecule has 10 nitrogen and oxygen atoms in total. The zero-order valence-electron chi connectivity index (χ0n) is 13.9. The number of alkyl halides is 6. The summed E-state index contributed by atoms with van der Waals surface area (Å²) in [6, 6.07) is 0.728. The number of rotatable bonds is 5. The van der Waals surface area contributed by atoms with Gasteiger partial charge in [-0.05, 0) is 18.2 Å². The van der Waals surface area contributed by atoms with Crippen molar-refractivity contribution in [3.63, 3.8) is 0 Å². The van der Waals surface area contributed by atoms with Gasteiger partial charge in [-0.1, -0.05) is 0 Å². The van der Waals surface area contributed by atoms with Crippen LogP contribution in [0.15, 0.2) is 30.3 Å². The van der Waals surface area contributed by atoms with Gasteiger partial charge in [-0.15, -0.1) is 0 Å². The average molecular weight is 440 g/mol. The second-order valence-electron chi connectivity index (χ2n) is 5.51. The minimum atomic E-state index is -5.38. The molecular formula is C14H6F6N4O6. The summed E-state index contributed by atoms with van der Waals surface area (Å²) in [6.45, 7) is 0. The predicted octanol–water partition coefficient (Wildman–Crippen LogP) is 5.19. The van der Waals surface area contributed by atoms with E-state index < -0.39 is 66.7 Å². The summed E-state index contributed by atoms with van der Waals surface area (Å²) in [4.78, 5) is 29.3. The Morgan fingerprint density at radius 1 is 0.733 bits per heavy atom. The smallest absolute Gasteiger partial charge is 0.344 e. The quantitative estimate of drug-likeness (QED) is 0.383. The van der Waals surface area contributed by atoms with Crippen LogP contribution in [-0.2, 0) is 12.4 Å². The van der Waals surface area contributed by atoms with E-state index in [1.54, 1.807) is 5.32 Å². The van der Waals surface area contributed by atoms with Gasteiger partial charge in [0.2, 0.25) is 0 Å². The Labute approximate surface area is 160 Å². The van der Waals surface area contributed by atoms with Gasteiger partial charge in [-0.2, -0.15) is 26.3 Å². The number of hydrogen-bond donors (Lipinski definition) is 1. The average Bonchev–Trinajstić information content (AvgIpc) is 2.59. The van der Waals surface area contributed by atoms with Crippen molar-refractivity contribution in [3.8, 4) is 0 Å². The van der Waals surface area contributed by atoms with Crippen LogP contribution < -0.4 is 5.32 Å². The number of nitrogens with one attached hydrogen (secondary N) is 1. The van der Waals surface area contributed by atoms with Crippen LogP contribution in [0.1, 0.15) is 11.1 Å². The van der Waals surface area contributed by atoms with Gasteiger partial charge in [-0.25, -0.2) is 0 Å². The minimum absolute atomic E-state index is 0.223. The maximum atomic E-state index is 13.2. The summed E-state index contributed by atoms with van der Waals surface area (Å²) >= 11 is 0. The highest BCUT2D eigenvalue weighted by atomic mass is 19.4. The third-order valence-corrected chi connectivity index (χ3v) is 3.60. The normalized spacial score (nSPS) is 11.8. The van der Waals surface area contributed by atoms with E-state index in [9.17, 15) is 56.7 Å². The molecule has 2 rings (SSSR count). The molecular weight excluding hydrogens is 434 g/mol. The van der Waals surface area contributed by atoms with Crippen LogP contribution in [0.3, 0.4) is 0 Å². The Kier molecular flexibility index (Phi) is 5.54. The first-order valence-corrected chi connectivity index (χ1v) is 7.29. The van der Waals surface area contributed by atoms with E-state index in [-0.39, 0.29) is 30.3 Å². The fourth-order valence-electron chi connectivity index (χ4n) is 2.32. The monoisotopic (exact) mass is 440 g/mol. The lowest BCUT2D eigenvalue weighted by Crippen LogP contribution is -2.13. The van der Waals surface area contributed by atoms with Gasteiger partial charge in [0.1, 0.15) is 0 Å². The van der Waals surface area contributed by atoms with Crippen LogP contribution in [0.4, 0.5) is 54.8 Å². The third-order valence-electron chi connectivity index (χ3n) is 3.60. The van der Waals surface area contributed by atoms with E-state index in [0.29, 0.717) is 0 Å². The molecule has 30 heavy (non-hydrogen) atoms. The highest BCUT2D eigenvalue weighted by Gasteiger charge is 2.39. The van der Waals surface area contributed by atoms with Crippen molar-refractivity contribution in [3.05, 3.63) is 71.8 Å². The maximum absolute atomic E-state index is 13.2. The maximum Gasteiger partial charge on any atom is 0.418 e. The number of nitro benzene ring substituents is 3. The topological polar surface area (TPSA) is 141 Å². The molecule has 0 saturated carbocycles. The number of benzene rings is 2. The van der Waals surface area contributed by atoms with Gasteiger partial charge < -0.3 is 5.32 Å². The van der Waals surface area contributed by atoms with E-state index in [1.807, 2.05) is 0 Å². The largest absolute Gasteiger partial charge is 0.418 e. The van der Waals surface area contributed by atoms with Gasteiger partial charge in [0.05, 0.1) is 43.7 Å². The Morgan fingerprint density at radius 3 is 1.60 bits per heavy atom. The first-order chi connectivity index (χ1) is 13.6. The molecule has 0 saturated heterocycles. The summed E-state index contributed by atoms with van der Waals surface area (Å²) in [6.07, 6.45) is -10.5. The fraction of sp³-hybridized carbons (Fsp3) is 0.143. The second kappa shape index (κ2) is 7.45. The molecule has 0 amide bonds. The first-order valence-electron chi connectivity index (χ1n) is 7.29. The molecule has 2 aromatic rings. The van der Waals surface area contributed by atoms with Crippen LogP contribution in [-0.4, -0.2) is 14.8 Å². The van der Waals surface area contributed by atoms with Crippen LogP contribution in [0, 0.1) is 30.3 Å². The lowest BCUT2D eigenvalue weighted by molar-refractivity contribution is -0.401. The van der Waals surface area contributed by atoms with Gasteiger partial charge in [0.25, 0.3) is 5.69 Å². The predicted molar refractivity (Wildman–Crippen MR) is 86.1 cm³/mol. The highest BCUT2D eigenvalue weighted by Crippen LogP contribution is 2.44. The molecule has 16 heteroatoms. The van der Waals surface area contributed by atoms with Crippen molar-refractivity contribution in [2.45, 2.75) is 12.4 Å². The Hall–Kier alpha value is -3.98. The first kappa shape index (κ1) is 22.3. The summed E-state index contributed by atoms with van der Waals surface area (Å²) in [5.74, 6) is 0. The van der Waals surface area contributed by atoms with E-state index in [2.05, 4.69) is 0 Å². The van der Waals surface area contributed by atoms with Crippen LogP contribution >= 0.6 is 0 Å². The van der Waals surface area contributed by atoms with Crippen LogP contribution in [0.5, 0.6) is 0 Å². The number of non-ortho nitro benzene ring substituents is 1. The minimum Gasteiger partial charge on any atom is -0.344 e.